The lowest BCUT2D eigenvalue weighted by atomic mass is 10.0. The van der Waals surface area contributed by atoms with Gasteiger partial charge in [0.1, 0.15) is 24.2 Å². The third-order valence-corrected chi connectivity index (χ3v) is 7.33. The molecule has 0 aromatic heterocycles. The summed E-state index contributed by atoms with van der Waals surface area (Å²) in [5, 5.41) is 43.0. The molecule has 17 nitrogen and oxygen atoms in total. The number of hydrogen-bond acceptors (Lipinski definition) is 10. The number of halogens is 1. The number of aliphatic hydroxyl groups is 1. The lowest BCUT2D eigenvalue weighted by molar-refractivity contribution is -0.385. The molecule has 0 saturated heterocycles. The van der Waals surface area contributed by atoms with Crippen LogP contribution in [0.5, 0.6) is 0 Å². The summed E-state index contributed by atoms with van der Waals surface area (Å²) in [6, 6.07) is -3.31. The second-order valence-electron chi connectivity index (χ2n) is 10.1. The number of nitrogens with zero attached hydrogens (tertiary/aromatic N) is 1. The number of amides is 5. The second-order valence-corrected chi connectivity index (χ2v) is 11.3. The zero-order chi connectivity index (χ0) is 32.4. The van der Waals surface area contributed by atoms with Crippen molar-refractivity contribution in [1.82, 2.24) is 21.3 Å². The number of nitro benzene ring substituents is 1. The number of aliphatic carboxylic acids is 1. The highest BCUT2D eigenvalue weighted by Gasteiger charge is 2.33. The van der Waals surface area contributed by atoms with E-state index in [1.807, 2.05) is 22.6 Å². The Hall–Kier alpha value is -4.07. The summed E-state index contributed by atoms with van der Waals surface area (Å²) in [6.45, 7) is 2.57. The molecule has 1 aliphatic rings. The number of hydrogen-bond donors (Lipinski definition) is 8. The van der Waals surface area contributed by atoms with E-state index >= 15 is 0 Å². The van der Waals surface area contributed by atoms with Crippen molar-refractivity contribution in [3.8, 4) is 0 Å². The van der Waals surface area contributed by atoms with Gasteiger partial charge < -0.3 is 42.5 Å². The van der Waals surface area contributed by atoms with E-state index in [2.05, 4.69) is 26.6 Å². The van der Waals surface area contributed by atoms with Gasteiger partial charge in [-0.3, -0.25) is 38.9 Å². The molecule has 43 heavy (non-hydrogen) atoms. The van der Waals surface area contributed by atoms with Crippen molar-refractivity contribution in [2.24, 2.45) is 11.7 Å². The molecule has 5 amide bonds. The predicted octanol–water partition coefficient (Wildman–Crippen LogP) is -1.04. The van der Waals surface area contributed by atoms with Gasteiger partial charge in [0.25, 0.3) is 11.6 Å². The van der Waals surface area contributed by atoms with Crippen LogP contribution in [0.25, 0.3) is 0 Å². The van der Waals surface area contributed by atoms with Gasteiger partial charge in [-0.2, -0.15) is 0 Å². The van der Waals surface area contributed by atoms with Crippen molar-refractivity contribution in [2.75, 3.05) is 18.5 Å². The molecule has 1 aromatic carbocycles. The first-order valence-electron chi connectivity index (χ1n) is 13.2. The van der Waals surface area contributed by atoms with Gasteiger partial charge in [-0.05, 0) is 47.8 Å². The summed E-state index contributed by atoms with van der Waals surface area (Å²) in [4.78, 5) is 86.1. The highest BCUT2D eigenvalue weighted by Crippen LogP contribution is 2.29. The Morgan fingerprint density at radius 2 is 1.81 bits per heavy atom. The number of carbonyl (C=O) groups excluding carboxylic acids is 5. The van der Waals surface area contributed by atoms with Crippen LogP contribution in [-0.2, 0) is 24.0 Å². The minimum Gasteiger partial charge on any atom is -0.481 e. The third-order valence-electron chi connectivity index (χ3n) is 6.47. The first-order chi connectivity index (χ1) is 20.2. The maximum Gasteiger partial charge on any atom is 0.305 e. The molecule has 2 rings (SSSR count). The van der Waals surface area contributed by atoms with Crippen molar-refractivity contribution in [2.45, 2.75) is 63.7 Å². The highest BCUT2D eigenvalue weighted by atomic mass is 127. The molecule has 1 aromatic rings. The first kappa shape index (κ1) is 35.1. The van der Waals surface area contributed by atoms with Crippen LogP contribution in [0.1, 0.15) is 49.9 Å². The van der Waals surface area contributed by atoms with E-state index in [4.69, 9.17) is 10.8 Å². The predicted molar refractivity (Wildman–Crippen MR) is 159 cm³/mol. The molecule has 18 heteroatoms. The molecule has 0 aliphatic carbocycles. The smallest absolute Gasteiger partial charge is 0.305 e. The molecule has 1 heterocycles. The number of nitrogens with two attached hydrogens (primary N) is 1. The summed E-state index contributed by atoms with van der Waals surface area (Å²) in [7, 11) is 0. The van der Waals surface area contributed by atoms with E-state index in [9.17, 15) is 44.0 Å². The molecule has 1 aliphatic heterocycles. The van der Waals surface area contributed by atoms with Crippen LogP contribution >= 0.6 is 22.6 Å². The van der Waals surface area contributed by atoms with Crippen LogP contribution < -0.4 is 32.3 Å². The summed E-state index contributed by atoms with van der Waals surface area (Å²) in [5.74, 6) is -6.53. The van der Waals surface area contributed by atoms with E-state index in [0.29, 0.717) is 9.99 Å². The molecule has 0 bridgehead atoms. The Morgan fingerprint density at radius 3 is 2.37 bits per heavy atom. The second kappa shape index (κ2) is 16.0. The number of rotatable bonds is 8. The van der Waals surface area contributed by atoms with E-state index in [0.717, 1.165) is 6.07 Å². The number of non-ortho nitro benzene ring substituents is 1. The molecule has 236 valence electrons. The highest BCUT2D eigenvalue weighted by molar-refractivity contribution is 14.1. The molecule has 9 N–H and O–H groups in total. The Kier molecular flexibility index (Phi) is 13.0. The number of anilines is 1. The number of aliphatic hydroxyl groups excluding tert-OH is 1. The van der Waals surface area contributed by atoms with Gasteiger partial charge in [0, 0.05) is 22.2 Å². The van der Waals surface area contributed by atoms with Crippen LogP contribution in [0, 0.1) is 19.6 Å². The zero-order valence-corrected chi connectivity index (χ0v) is 25.5. The number of carboxylic acid groups (broad SMARTS) is 1. The molecular weight excluding hydrogens is 685 g/mol. The molecule has 0 spiro atoms. The number of carboxylic acids is 1. The Balaban J connectivity index is 2.47. The number of nitro groups is 1. The quantitative estimate of drug-likeness (QED) is 0.0913. The molecular formula is C25H34IN7O10. The average Bonchev–Trinajstić information content (AvgIpc) is 2.92. The Bertz CT molecular complexity index is 1280. The fourth-order valence-corrected chi connectivity index (χ4v) is 4.96. The third kappa shape index (κ3) is 10.0. The molecule has 1 unspecified atom stereocenters. The van der Waals surface area contributed by atoms with Gasteiger partial charge in [0.05, 0.1) is 29.2 Å². The molecule has 0 saturated carbocycles. The van der Waals surface area contributed by atoms with Crippen molar-refractivity contribution >= 4 is 69.5 Å². The number of nitrogens with one attached hydrogen (secondary N) is 5. The fourth-order valence-electron chi connectivity index (χ4n) is 4.16. The van der Waals surface area contributed by atoms with Crippen molar-refractivity contribution < 1.29 is 43.9 Å². The summed E-state index contributed by atoms with van der Waals surface area (Å²) in [6.07, 6.45) is -0.151. The summed E-state index contributed by atoms with van der Waals surface area (Å²) in [5.41, 5.74) is 5.06. The Morgan fingerprint density at radius 1 is 1.14 bits per heavy atom. The standard InChI is InChI=1S/C25H34IN7O10/c1-11(2)19-25(41)31-17(10-34)24(40)29-15(23(39)30-16(21(27)37)9-18(35)36)5-3-4-6-28-20-13(22(38)32-19)7-12(33(42)43)8-14(20)26/h7-8,11,15-17,19,28,34H,3-6,9-10H2,1-2H3,(H2,27,37)(H,29,40)(H,30,39)(H,31,41)(H,32,38)(H,35,36)/t15-,16?,17-,19-/m0/s1. The van der Waals surface area contributed by atoms with Gasteiger partial charge in [0.2, 0.25) is 23.6 Å². The number of fused-ring (bicyclic) bond motifs is 1. The van der Waals surface area contributed by atoms with E-state index in [1.165, 1.54) is 6.07 Å². The maximum atomic E-state index is 13.3. The summed E-state index contributed by atoms with van der Waals surface area (Å²) < 4.78 is 0.365. The lowest BCUT2D eigenvalue weighted by Gasteiger charge is -2.27. The largest absolute Gasteiger partial charge is 0.481 e. The minimum absolute atomic E-state index is 0.0107. The van der Waals surface area contributed by atoms with Crippen LogP contribution in [0.2, 0.25) is 0 Å². The van der Waals surface area contributed by atoms with Crippen molar-refractivity contribution in [3.63, 3.8) is 0 Å². The Labute approximate surface area is 259 Å². The minimum atomic E-state index is -1.56. The maximum absolute atomic E-state index is 13.3. The van der Waals surface area contributed by atoms with Gasteiger partial charge in [-0.1, -0.05) is 13.8 Å². The monoisotopic (exact) mass is 719 g/mol. The van der Waals surface area contributed by atoms with Crippen LogP contribution in [-0.4, -0.2) is 88.0 Å². The van der Waals surface area contributed by atoms with Crippen molar-refractivity contribution in [3.05, 3.63) is 31.4 Å². The van der Waals surface area contributed by atoms with E-state index in [-0.39, 0.29) is 36.3 Å². The molecule has 0 fully saturated rings. The lowest BCUT2D eigenvalue weighted by Crippen LogP contribution is -2.59. The molecule has 4 atom stereocenters. The first-order valence-corrected chi connectivity index (χ1v) is 14.3. The number of carbonyl (C=O) groups is 6. The van der Waals surface area contributed by atoms with Gasteiger partial charge >= 0.3 is 5.97 Å². The number of primary amides is 1. The topological polar surface area (TPSA) is 272 Å². The van der Waals surface area contributed by atoms with Crippen LogP contribution in [0.3, 0.4) is 0 Å². The van der Waals surface area contributed by atoms with E-state index < -0.39 is 83.5 Å². The van der Waals surface area contributed by atoms with Gasteiger partial charge in [0.15, 0.2) is 0 Å². The summed E-state index contributed by atoms with van der Waals surface area (Å²) >= 11 is 1.84. The fraction of sp³-hybridized carbons (Fsp3) is 0.520. The number of benzene rings is 1. The normalized spacial score (nSPS) is 20.9. The van der Waals surface area contributed by atoms with Crippen molar-refractivity contribution in [1.29, 1.82) is 0 Å². The SMILES string of the molecule is CC(C)[C@@H]1NC(=O)c2cc([N+](=O)[O-])cc(I)c2NCCCC[C@@H](C(=O)NC(CC(=O)O)C(N)=O)NC(=O)[C@H](CO)NC1=O. The van der Waals surface area contributed by atoms with Crippen LogP contribution in [0.4, 0.5) is 11.4 Å². The average molecular weight is 719 g/mol. The van der Waals surface area contributed by atoms with Crippen LogP contribution in [0.15, 0.2) is 12.1 Å². The van der Waals surface area contributed by atoms with E-state index in [1.54, 1.807) is 13.8 Å². The van der Waals surface area contributed by atoms with Gasteiger partial charge in [-0.15, -0.1) is 0 Å². The van der Waals surface area contributed by atoms with Gasteiger partial charge in [-0.25, -0.2) is 0 Å². The molecule has 0 radical (unpaired) electrons. The zero-order valence-electron chi connectivity index (χ0n) is 23.3.